The number of hydrogen-bond donors (Lipinski definition) is 1. The van der Waals surface area contributed by atoms with Crippen molar-refractivity contribution >= 4 is 58.3 Å². The molecule has 1 aromatic heterocycles. The van der Waals surface area contributed by atoms with Gasteiger partial charge in [0.1, 0.15) is 17.6 Å². The number of nitrogens with zero attached hydrogens (tertiary/aromatic N) is 6. The maximum absolute atomic E-state index is 13.6. The van der Waals surface area contributed by atoms with Crippen molar-refractivity contribution in [2.24, 2.45) is 0 Å². The van der Waals surface area contributed by atoms with E-state index in [0.717, 1.165) is 80.9 Å². The first-order valence-corrected chi connectivity index (χ1v) is 20.7. The summed E-state index contributed by atoms with van der Waals surface area (Å²) in [6.45, 7) is 10.6. The van der Waals surface area contributed by atoms with Crippen LogP contribution in [0.5, 0.6) is 5.75 Å². The third kappa shape index (κ3) is 7.15. The summed E-state index contributed by atoms with van der Waals surface area (Å²) < 4.78 is 12.8. The number of benzene rings is 2. The summed E-state index contributed by atoms with van der Waals surface area (Å²) >= 11 is 6.20. The molecule has 6 aliphatic rings. The van der Waals surface area contributed by atoms with Crippen LogP contribution in [-0.2, 0) is 20.9 Å². The predicted molar refractivity (Wildman–Crippen MR) is 213 cm³/mol. The molecule has 0 spiro atoms. The number of rotatable bonds is 8. The molecule has 1 saturated carbocycles. The number of imide groups is 2. The van der Waals surface area contributed by atoms with Crippen molar-refractivity contribution in [2.45, 2.75) is 101 Å². The van der Waals surface area contributed by atoms with Gasteiger partial charge in [0.2, 0.25) is 17.5 Å². The minimum Gasteiger partial charge on any atom is -0.490 e. The van der Waals surface area contributed by atoms with E-state index in [1.165, 1.54) is 0 Å². The zero-order valence-corrected chi connectivity index (χ0v) is 32.8. The largest absolute Gasteiger partial charge is 0.490 e. The van der Waals surface area contributed by atoms with E-state index < -0.39 is 29.7 Å². The summed E-state index contributed by atoms with van der Waals surface area (Å²) in [5.74, 6) is -0.410. The molecule has 58 heavy (non-hydrogen) atoms. The van der Waals surface area contributed by atoms with Crippen molar-refractivity contribution in [1.82, 2.24) is 20.1 Å². The van der Waals surface area contributed by atoms with Crippen LogP contribution >= 0.6 is 11.6 Å². The molecule has 1 N–H and O–H groups in total. The average Bonchev–Trinajstić information content (AvgIpc) is 3.70. The Bertz CT molecular complexity index is 2220. The monoisotopic (exact) mass is 805 g/mol. The normalized spacial score (nSPS) is 24.2. The molecule has 1 atom stereocenters. The van der Waals surface area contributed by atoms with Gasteiger partial charge in [-0.25, -0.2) is 9.83 Å². The van der Waals surface area contributed by atoms with E-state index in [9.17, 15) is 24.0 Å². The number of pyridine rings is 1. The highest BCUT2D eigenvalue weighted by Gasteiger charge is 2.46. The number of halogens is 1. The molecule has 3 saturated heterocycles. The van der Waals surface area contributed by atoms with Crippen LogP contribution < -0.4 is 19.9 Å². The molecular weight excluding hydrogens is 762 g/mol. The van der Waals surface area contributed by atoms with Crippen LogP contribution in [0.1, 0.15) is 101 Å². The van der Waals surface area contributed by atoms with E-state index >= 15 is 0 Å². The zero-order valence-electron chi connectivity index (χ0n) is 32.0. The van der Waals surface area contributed by atoms with Gasteiger partial charge in [-0.15, -0.1) is 0 Å². The molecule has 300 valence electrons. The molecule has 3 aromatic rings. The number of aromatic nitrogens is 1. The second-order valence-corrected chi connectivity index (χ2v) is 16.4. The topological polar surface area (TPSA) is 146 Å². The highest BCUT2D eigenvalue weighted by atomic mass is 35.5. The van der Waals surface area contributed by atoms with Gasteiger partial charge in [-0.3, -0.25) is 34.2 Å². The van der Waals surface area contributed by atoms with E-state index in [1.807, 2.05) is 23.1 Å². The first kappa shape index (κ1) is 38.0. The van der Waals surface area contributed by atoms with Gasteiger partial charge in [-0.05, 0) is 94.2 Å². The Hall–Kier alpha value is -5.52. The number of anilines is 2. The van der Waals surface area contributed by atoms with Gasteiger partial charge in [0, 0.05) is 38.6 Å². The van der Waals surface area contributed by atoms with Crippen molar-refractivity contribution in [3.05, 3.63) is 87.4 Å². The number of amides is 5. The van der Waals surface area contributed by atoms with E-state index in [-0.39, 0.29) is 48.7 Å². The molecule has 6 heterocycles. The SMILES string of the molecule is [C-]#[N+]c1ccc(OC2CCC(N3Cc4nc(N5CCC(OC6CCN(c7cccc8c7C(=O)N(C7CCC(=O)NC7=O)C8=O)CC6)CC5)ccc4C3=O)CC2)cc1Cl. The zero-order chi connectivity index (χ0) is 40.1. The van der Waals surface area contributed by atoms with E-state index in [1.54, 1.807) is 30.3 Å². The van der Waals surface area contributed by atoms with Gasteiger partial charge in [0.15, 0.2) is 0 Å². The van der Waals surface area contributed by atoms with E-state index in [4.69, 9.17) is 32.6 Å². The van der Waals surface area contributed by atoms with Gasteiger partial charge in [-0.2, -0.15) is 0 Å². The van der Waals surface area contributed by atoms with Gasteiger partial charge < -0.3 is 24.2 Å². The van der Waals surface area contributed by atoms with Crippen LogP contribution in [0.3, 0.4) is 0 Å². The lowest BCUT2D eigenvalue weighted by Crippen LogP contribution is -2.54. The second-order valence-electron chi connectivity index (χ2n) is 16.0. The van der Waals surface area contributed by atoms with Gasteiger partial charge in [0.25, 0.3) is 17.7 Å². The fourth-order valence-corrected chi connectivity index (χ4v) is 9.68. The quantitative estimate of drug-likeness (QED) is 0.223. The number of hydrogen-bond acceptors (Lipinski definition) is 10. The third-order valence-corrected chi connectivity index (χ3v) is 12.9. The van der Waals surface area contributed by atoms with E-state index in [0.29, 0.717) is 52.9 Å². The first-order valence-electron chi connectivity index (χ1n) is 20.3. The molecule has 2 aromatic carbocycles. The summed E-state index contributed by atoms with van der Waals surface area (Å²) in [5, 5.41) is 2.64. The first-order chi connectivity index (χ1) is 28.1. The lowest BCUT2D eigenvalue weighted by molar-refractivity contribution is -0.136. The van der Waals surface area contributed by atoms with Crippen LogP contribution in [0.4, 0.5) is 17.2 Å². The fourth-order valence-electron chi connectivity index (χ4n) is 9.47. The van der Waals surface area contributed by atoms with E-state index in [2.05, 4.69) is 20.0 Å². The van der Waals surface area contributed by atoms with Crippen LogP contribution in [0.25, 0.3) is 4.85 Å². The van der Waals surface area contributed by atoms with Crippen LogP contribution in [0.2, 0.25) is 5.02 Å². The molecule has 0 bridgehead atoms. The number of fused-ring (bicyclic) bond motifs is 2. The number of carbonyl (C=O) groups excluding carboxylic acids is 5. The Balaban J connectivity index is 0.743. The molecular formula is C43H44ClN7O7. The van der Waals surface area contributed by atoms with Crippen molar-refractivity contribution in [2.75, 3.05) is 36.0 Å². The van der Waals surface area contributed by atoms with Crippen molar-refractivity contribution < 1.29 is 33.4 Å². The van der Waals surface area contributed by atoms with Crippen molar-refractivity contribution in [1.29, 1.82) is 0 Å². The Morgan fingerprint density at radius 1 is 0.759 bits per heavy atom. The second kappa shape index (κ2) is 15.7. The van der Waals surface area contributed by atoms with Crippen molar-refractivity contribution in [3.63, 3.8) is 0 Å². The summed E-state index contributed by atoms with van der Waals surface area (Å²) in [6, 6.07) is 13.4. The van der Waals surface area contributed by atoms with Crippen molar-refractivity contribution in [3.8, 4) is 5.75 Å². The highest BCUT2D eigenvalue weighted by molar-refractivity contribution is 6.33. The highest BCUT2D eigenvalue weighted by Crippen LogP contribution is 2.38. The molecule has 15 heteroatoms. The Morgan fingerprint density at radius 3 is 2.17 bits per heavy atom. The molecule has 1 aliphatic carbocycles. The Morgan fingerprint density at radius 2 is 1.48 bits per heavy atom. The predicted octanol–water partition coefficient (Wildman–Crippen LogP) is 5.69. The van der Waals surface area contributed by atoms with Crippen LogP contribution in [0.15, 0.2) is 48.5 Å². The molecule has 14 nitrogen and oxygen atoms in total. The van der Waals surface area contributed by atoms with Gasteiger partial charge >= 0.3 is 0 Å². The Labute approximate surface area is 341 Å². The Kier molecular flexibility index (Phi) is 10.3. The minimum absolute atomic E-state index is 0.0346. The lowest BCUT2D eigenvalue weighted by Gasteiger charge is -2.38. The molecule has 5 amide bonds. The minimum atomic E-state index is -0.996. The number of piperidine rings is 3. The van der Waals surface area contributed by atoms with Crippen LogP contribution in [-0.4, -0.2) is 101 Å². The number of carbonyl (C=O) groups is 5. The third-order valence-electron chi connectivity index (χ3n) is 12.6. The summed E-state index contributed by atoms with van der Waals surface area (Å²) in [5.41, 5.74) is 3.22. The van der Waals surface area contributed by atoms with Crippen LogP contribution in [0, 0.1) is 6.57 Å². The molecule has 1 unspecified atom stereocenters. The molecule has 5 aliphatic heterocycles. The summed E-state index contributed by atoms with van der Waals surface area (Å²) in [6.07, 6.45) is 7.07. The molecule has 9 rings (SSSR count). The summed E-state index contributed by atoms with van der Waals surface area (Å²) in [4.78, 5) is 80.5. The number of nitrogens with one attached hydrogen (secondary N) is 1. The standard InChI is InChI=1S/C43H44ClN7O7/c1-45-33-11-9-29(23-32(33)44)58-26-7-5-25(6-8-26)50-24-34-30(41(50)54)10-13-37(46-34)49-21-17-28(18-22-49)57-27-15-19-48(20-16-27)35-4-2-3-31-39(35)43(56)51(42(31)55)36-12-14-38(52)47-40(36)53/h2-4,9-11,13,23,25-28,36H,5-8,12,14-22,24H2,(H,47,52,53). The maximum atomic E-state index is 13.6. The van der Waals surface area contributed by atoms with Gasteiger partial charge in [-0.1, -0.05) is 23.7 Å². The number of ether oxygens (including phenoxy) is 2. The maximum Gasteiger partial charge on any atom is 0.264 e. The lowest BCUT2D eigenvalue weighted by atomic mass is 9.92. The fraction of sp³-hybridized carbons (Fsp3) is 0.465. The smallest absolute Gasteiger partial charge is 0.264 e. The molecule has 4 fully saturated rings. The average molecular weight is 806 g/mol. The summed E-state index contributed by atoms with van der Waals surface area (Å²) in [7, 11) is 0. The molecule has 0 radical (unpaired) electrons. The van der Waals surface area contributed by atoms with Gasteiger partial charge in [0.05, 0.1) is 64.5 Å².